The van der Waals surface area contributed by atoms with Gasteiger partial charge in [0.15, 0.2) is 0 Å². The third-order valence-corrected chi connectivity index (χ3v) is 3.09. The standard InChI is InChI=1S/C14H10N4/c1-3-10-9-13(17-14(10)16-7-1)18-8-5-11-12(18)4-2-6-15-11/h1-9H,(H,16,17). The molecule has 0 amide bonds. The lowest BCUT2D eigenvalue weighted by atomic mass is 10.3. The van der Waals surface area contributed by atoms with Crippen molar-refractivity contribution in [3.05, 3.63) is 55.0 Å². The number of fused-ring (bicyclic) bond motifs is 2. The first kappa shape index (κ1) is 9.41. The Bertz CT molecular complexity index is 808. The monoisotopic (exact) mass is 234 g/mol. The minimum atomic E-state index is 0.901. The highest BCUT2D eigenvalue weighted by Crippen LogP contribution is 2.21. The van der Waals surface area contributed by atoms with Crippen molar-refractivity contribution in [2.75, 3.05) is 0 Å². The van der Waals surface area contributed by atoms with E-state index in [1.807, 2.05) is 30.5 Å². The van der Waals surface area contributed by atoms with Crippen LogP contribution in [0.1, 0.15) is 0 Å². The molecule has 0 bridgehead atoms. The van der Waals surface area contributed by atoms with Gasteiger partial charge >= 0.3 is 0 Å². The molecule has 1 N–H and O–H groups in total. The van der Waals surface area contributed by atoms with E-state index in [0.717, 1.165) is 27.9 Å². The molecule has 0 unspecified atom stereocenters. The summed E-state index contributed by atoms with van der Waals surface area (Å²) in [5, 5.41) is 1.11. The van der Waals surface area contributed by atoms with Crippen molar-refractivity contribution in [3.8, 4) is 5.82 Å². The topological polar surface area (TPSA) is 46.5 Å². The first-order chi connectivity index (χ1) is 8.92. The molecule has 0 saturated carbocycles. The van der Waals surface area contributed by atoms with Crippen LogP contribution in [0.2, 0.25) is 0 Å². The fourth-order valence-corrected chi connectivity index (χ4v) is 2.25. The minimum absolute atomic E-state index is 0.901. The number of nitrogens with one attached hydrogen (secondary N) is 1. The lowest BCUT2D eigenvalue weighted by molar-refractivity contribution is 1.07. The zero-order valence-electron chi connectivity index (χ0n) is 9.54. The van der Waals surface area contributed by atoms with E-state index in [4.69, 9.17) is 0 Å². The zero-order valence-corrected chi connectivity index (χ0v) is 9.54. The fraction of sp³-hybridized carbons (Fsp3) is 0. The maximum absolute atomic E-state index is 4.33. The van der Waals surface area contributed by atoms with Gasteiger partial charge in [-0.1, -0.05) is 0 Å². The first-order valence-electron chi connectivity index (χ1n) is 5.78. The largest absolute Gasteiger partial charge is 0.326 e. The second-order valence-corrected chi connectivity index (χ2v) is 4.19. The van der Waals surface area contributed by atoms with Crippen molar-refractivity contribution in [1.82, 2.24) is 19.5 Å². The van der Waals surface area contributed by atoms with Gasteiger partial charge in [0.1, 0.15) is 11.5 Å². The highest BCUT2D eigenvalue weighted by molar-refractivity contribution is 5.82. The average molecular weight is 234 g/mol. The summed E-state index contributed by atoms with van der Waals surface area (Å²) in [7, 11) is 0. The fourth-order valence-electron chi connectivity index (χ4n) is 2.25. The molecule has 0 aliphatic heterocycles. The van der Waals surface area contributed by atoms with Gasteiger partial charge in [-0.15, -0.1) is 0 Å². The number of nitrogens with zero attached hydrogens (tertiary/aromatic N) is 3. The molecule has 0 aliphatic rings. The van der Waals surface area contributed by atoms with Crippen LogP contribution < -0.4 is 0 Å². The minimum Gasteiger partial charge on any atom is -0.326 e. The summed E-state index contributed by atoms with van der Waals surface area (Å²) in [5.74, 6) is 1.01. The Balaban J connectivity index is 2.01. The van der Waals surface area contributed by atoms with Gasteiger partial charge in [-0.2, -0.15) is 0 Å². The van der Waals surface area contributed by atoms with Crippen LogP contribution >= 0.6 is 0 Å². The van der Waals surface area contributed by atoms with Crippen LogP contribution in [0.4, 0.5) is 0 Å². The van der Waals surface area contributed by atoms with E-state index in [0.29, 0.717) is 0 Å². The lowest BCUT2D eigenvalue weighted by Crippen LogP contribution is -1.91. The van der Waals surface area contributed by atoms with Gasteiger partial charge in [-0.05, 0) is 36.4 Å². The van der Waals surface area contributed by atoms with Crippen molar-refractivity contribution in [1.29, 1.82) is 0 Å². The zero-order chi connectivity index (χ0) is 11.9. The number of aromatic amines is 1. The molecule has 0 radical (unpaired) electrons. The second kappa shape index (κ2) is 3.43. The summed E-state index contributed by atoms with van der Waals surface area (Å²) in [6.45, 7) is 0. The Morgan fingerprint density at radius 3 is 2.83 bits per heavy atom. The molecule has 4 rings (SSSR count). The van der Waals surface area contributed by atoms with E-state index < -0.39 is 0 Å². The van der Waals surface area contributed by atoms with E-state index in [-0.39, 0.29) is 0 Å². The summed E-state index contributed by atoms with van der Waals surface area (Å²) in [4.78, 5) is 12.0. The molecule has 0 aliphatic carbocycles. The SMILES string of the molecule is c1cnc2[nH]c(-n3ccc4ncccc43)cc2c1. The van der Waals surface area contributed by atoms with Crippen molar-refractivity contribution >= 4 is 22.1 Å². The molecule has 0 atom stereocenters. The van der Waals surface area contributed by atoms with Gasteiger partial charge in [0.05, 0.1) is 11.0 Å². The maximum atomic E-state index is 4.33. The van der Waals surface area contributed by atoms with Crippen molar-refractivity contribution in [2.45, 2.75) is 0 Å². The molecule has 4 aromatic rings. The summed E-state index contributed by atoms with van der Waals surface area (Å²) < 4.78 is 2.09. The van der Waals surface area contributed by atoms with Crippen LogP contribution in [0.25, 0.3) is 27.9 Å². The smallest absolute Gasteiger partial charge is 0.138 e. The Morgan fingerprint density at radius 1 is 1.00 bits per heavy atom. The van der Waals surface area contributed by atoms with Crippen molar-refractivity contribution < 1.29 is 0 Å². The number of pyridine rings is 2. The summed E-state index contributed by atoms with van der Waals surface area (Å²) >= 11 is 0. The van der Waals surface area contributed by atoms with Crippen molar-refractivity contribution in [3.63, 3.8) is 0 Å². The molecule has 0 fully saturated rings. The highest BCUT2D eigenvalue weighted by Gasteiger charge is 2.06. The van der Waals surface area contributed by atoms with Crippen LogP contribution in [0, 0.1) is 0 Å². The number of H-pyrrole nitrogens is 1. The molecule has 0 aromatic carbocycles. The Hall–Kier alpha value is -2.62. The molecular weight excluding hydrogens is 224 g/mol. The van der Waals surface area contributed by atoms with E-state index in [1.54, 1.807) is 12.4 Å². The van der Waals surface area contributed by atoms with Gasteiger partial charge in [-0.3, -0.25) is 4.98 Å². The molecular formula is C14H10N4. The number of aromatic nitrogens is 4. The molecule has 4 nitrogen and oxygen atoms in total. The van der Waals surface area contributed by atoms with Gasteiger partial charge in [0.25, 0.3) is 0 Å². The van der Waals surface area contributed by atoms with E-state index in [2.05, 4.69) is 31.7 Å². The molecule has 18 heavy (non-hydrogen) atoms. The number of hydrogen-bond acceptors (Lipinski definition) is 2. The molecule has 4 aromatic heterocycles. The number of hydrogen-bond donors (Lipinski definition) is 1. The Morgan fingerprint density at radius 2 is 1.89 bits per heavy atom. The Labute approximate surface area is 103 Å². The van der Waals surface area contributed by atoms with Gasteiger partial charge in [-0.25, -0.2) is 4.98 Å². The summed E-state index contributed by atoms with van der Waals surface area (Å²) in [6, 6.07) is 12.1. The number of rotatable bonds is 1. The summed E-state index contributed by atoms with van der Waals surface area (Å²) in [5.41, 5.74) is 2.98. The van der Waals surface area contributed by atoms with Crippen molar-refractivity contribution in [2.24, 2.45) is 0 Å². The quantitative estimate of drug-likeness (QED) is 0.550. The summed E-state index contributed by atoms with van der Waals surface area (Å²) in [6.07, 6.45) is 5.61. The predicted molar refractivity (Wildman–Crippen MR) is 70.7 cm³/mol. The second-order valence-electron chi connectivity index (χ2n) is 4.19. The van der Waals surface area contributed by atoms with E-state index >= 15 is 0 Å². The van der Waals surface area contributed by atoms with E-state index in [9.17, 15) is 0 Å². The van der Waals surface area contributed by atoms with Crippen LogP contribution in [0.5, 0.6) is 0 Å². The Kier molecular flexibility index (Phi) is 1.80. The van der Waals surface area contributed by atoms with Gasteiger partial charge in [0, 0.05) is 24.0 Å². The van der Waals surface area contributed by atoms with Gasteiger partial charge < -0.3 is 9.55 Å². The van der Waals surface area contributed by atoms with Crippen LogP contribution in [-0.4, -0.2) is 19.5 Å². The van der Waals surface area contributed by atoms with E-state index in [1.165, 1.54) is 0 Å². The van der Waals surface area contributed by atoms with Crippen LogP contribution in [0.3, 0.4) is 0 Å². The first-order valence-corrected chi connectivity index (χ1v) is 5.78. The molecule has 0 saturated heterocycles. The van der Waals surface area contributed by atoms with Crippen LogP contribution in [-0.2, 0) is 0 Å². The molecule has 4 heterocycles. The average Bonchev–Trinajstić information content (AvgIpc) is 3.02. The third kappa shape index (κ3) is 1.26. The van der Waals surface area contributed by atoms with Gasteiger partial charge in [0.2, 0.25) is 0 Å². The molecule has 4 heteroatoms. The normalized spacial score (nSPS) is 11.3. The predicted octanol–water partition coefficient (Wildman–Crippen LogP) is 2.90. The molecule has 86 valence electrons. The maximum Gasteiger partial charge on any atom is 0.138 e. The van der Waals surface area contributed by atoms with Crippen LogP contribution in [0.15, 0.2) is 55.0 Å². The highest BCUT2D eigenvalue weighted by atomic mass is 15.1. The molecule has 0 spiro atoms. The third-order valence-electron chi connectivity index (χ3n) is 3.09. The lowest BCUT2D eigenvalue weighted by Gasteiger charge is -2.00.